The van der Waals surface area contributed by atoms with Crippen LogP contribution >= 0.6 is 11.6 Å². The molecule has 0 radical (unpaired) electrons. The Morgan fingerprint density at radius 2 is 1.82 bits per heavy atom. The maximum atomic E-state index is 12.0. The highest BCUT2D eigenvalue weighted by Gasteiger charge is 2.25. The van der Waals surface area contributed by atoms with Crippen LogP contribution in [0.15, 0.2) is 24.3 Å². The molecule has 1 unspecified atom stereocenters. The molecule has 0 saturated heterocycles. The van der Waals surface area contributed by atoms with Gasteiger partial charge in [-0.1, -0.05) is 25.4 Å². The Balaban J connectivity index is 2.51. The fourth-order valence-electron chi connectivity index (χ4n) is 2.49. The fraction of sp³-hybridized carbons (Fsp3) is 0.529. The van der Waals surface area contributed by atoms with Gasteiger partial charge in [-0.05, 0) is 43.5 Å². The Kier molecular flexibility index (Phi) is 7.04. The average Bonchev–Trinajstić information content (AvgIpc) is 2.44. The van der Waals surface area contributed by atoms with Crippen molar-refractivity contribution in [3.63, 3.8) is 0 Å². The van der Waals surface area contributed by atoms with E-state index in [2.05, 4.69) is 19.2 Å². The maximum Gasteiger partial charge on any atom is 0.220 e. The van der Waals surface area contributed by atoms with E-state index >= 15 is 0 Å². The first-order valence-electron chi connectivity index (χ1n) is 7.55. The van der Waals surface area contributed by atoms with E-state index in [-0.39, 0.29) is 24.5 Å². The molecule has 0 aliphatic heterocycles. The van der Waals surface area contributed by atoms with Gasteiger partial charge in [-0.15, -0.1) is 0 Å². The van der Waals surface area contributed by atoms with Crippen molar-refractivity contribution in [2.75, 3.05) is 6.54 Å². The highest BCUT2D eigenvalue weighted by Crippen LogP contribution is 2.16. The molecule has 0 aliphatic carbocycles. The summed E-state index contributed by atoms with van der Waals surface area (Å²) in [7, 11) is 0. The predicted octanol–water partition coefficient (Wildman–Crippen LogP) is 3.18. The number of nitrogens with one attached hydrogen (secondary N) is 1. The molecule has 1 amide bonds. The first kappa shape index (κ1) is 18.7. The molecule has 1 atom stereocenters. The molecule has 22 heavy (non-hydrogen) atoms. The van der Waals surface area contributed by atoms with Crippen molar-refractivity contribution in [3.05, 3.63) is 34.9 Å². The van der Waals surface area contributed by atoms with Crippen molar-refractivity contribution in [3.8, 4) is 0 Å². The van der Waals surface area contributed by atoms with Crippen LogP contribution in [0.5, 0.6) is 0 Å². The number of Topliss-reactive ketones (excluding diaryl/α,β-unsaturated/α-hetero) is 1. The monoisotopic (exact) mass is 324 g/mol. The predicted molar refractivity (Wildman–Crippen MR) is 90.1 cm³/mol. The SMILES string of the molecule is CC(C)CC(C)(CN)NC(=O)CCC(=O)c1ccc(Cl)cc1. The molecular weight excluding hydrogens is 300 g/mol. The average molecular weight is 325 g/mol. The van der Waals surface area contributed by atoms with Gasteiger partial charge in [0.15, 0.2) is 5.78 Å². The van der Waals surface area contributed by atoms with Gasteiger partial charge >= 0.3 is 0 Å². The van der Waals surface area contributed by atoms with Crippen molar-refractivity contribution >= 4 is 23.3 Å². The molecule has 122 valence electrons. The Hall–Kier alpha value is -1.39. The second-order valence-electron chi connectivity index (χ2n) is 6.34. The standard InChI is InChI=1S/C17H25ClN2O2/c1-12(2)10-17(3,11-19)20-16(22)9-8-15(21)13-4-6-14(18)7-5-13/h4-7,12H,8-11,19H2,1-3H3,(H,20,22). The van der Waals surface area contributed by atoms with Crippen LogP contribution in [0.25, 0.3) is 0 Å². The lowest BCUT2D eigenvalue weighted by Gasteiger charge is -2.31. The first-order valence-corrected chi connectivity index (χ1v) is 7.93. The minimum atomic E-state index is -0.422. The van der Waals surface area contributed by atoms with Gasteiger partial charge < -0.3 is 11.1 Å². The molecule has 0 bridgehead atoms. The number of carbonyl (C=O) groups is 2. The number of hydrogen-bond acceptors (Lipinski definition) is 3. The second kappa shape index (κ2) is 8.30. The topological polar surface area (TPSA) is 72.2 Å². The zero-order chi connectivity index (χ0) is 16.8. The Labute approximate surface area is 137 Å². The van der Waals surface area contributed by atoms with Crippen LogP contribution in [-0.4, -0.2) is 23.8 Å². The number of nitrogens with two attached hydrogens (primary N) is 1. The lowest BCUT2D eigenvalue weighted by molar-refractivity contribution is -0.122. The van der Waals surface area contributed by atoms with Crippen LogP contribution in [0.2, 0.25) is 5.02 Å². The van der Waals surface area contributed by atoms with Crippen molar-refractivity contribution < 1.29 is 9.59 Å². The van der Waals surface area contributed by atoms with Crippen LogP contribution in [0, 0.1) is 5.92 Å². The summed E-state index contributed by atoms with van der Waals surface area (Å²) in [4.78, 5) is 24.1. The Morgan fingerprint density at radius 1 is 1.23 bits per heavy atom. The van der Waals surface area contributed by atoms with Crippen molar-refractivity contribution in [2.24, 2.45) is 11.7 Å². The molecule has 0 heterocycles. The van der Waals surface area contributed by atoms with Crippen LogP contribution in [0.1, 0.15) is 50.4 Å². The molecule has 1 aromatic carbocycles. The molecule has 0 aromatic heterocycles. The molecule has 1 rings (SSSR count). The number of ketones is 1. The summed E-state index contributed by atoms with van der Waals surface area (Å²) in [5, 5.41) is 3.54. The number of hydrogen-bond donors (Lipinski definition) is 2. The Bertz CT molecular complexity index is 514. The van der Waals surface area contributed by atoms with Crippen LogP contribution in [0.3, 0.4) is 0 Å². The number of amides is 1. The molecule has 0 fully saturated rings. The van der Waals surface area contributed by atoms with E-state index in [9.17, 15) is 9.59 Å². The van der Waals surface area contributed by atoms with E-state index in [0.29, 0.717) is 23.0 Å². The van der Waals surface area contributed by atoms with Crippen LogP contribution < -0.4 is 11.1 Å². The van der Waals surface area contributed by atoms with Crippen LogP contribution in [-0.2, 0) is 4.79 Å². The van der Waals surface area contributed by atoms with Gasteiger partial charge in [0.05, 0.1) is 0 Å². The van der Waals surface area contributed by atoms with Gasteiger partial charge in [-0.2, -0.15) is 0 Å². The fourth-order valence-corrected chi connectivity index (χ4v) is 2.62. The summed E-state index contributed by atoms with van der Waals surface area (Å²) in [5.41, 5.74) is 5.92. The van der Waals surface area contributed by atoms with Crippen molar-refractivity contribution in [1.82, 2.24) is 5.32 Å². The normalized spacial score (nSPS) is 13.7. The van der Waals surface area contributed by atoms with E-state index in [1.165, 1.54) is 0 Å². The summed E-state index contributed by atoms with van der Waals surface area (Å²) in [6.07, 6.45) is 1.14. The number of carbonyl (C=O) groups excluding carboxylic acids is 2. The number of rotatable bonds is 8. The molecule has 4 nitrogen and oxygen atoms in total. The van der Waals surface area contributed by atoms with Crippen molar-refractivity contribution in [1.29, 1.82) is 0 Å². The molecule has 1 aromatic rings. The number of halogens is 1. The largest absolute Gasteiger partial charge is 0.350 e. The quantitative estimate of drug-likeness (QED) is 0.721. The summed E-state index contributed by atoms with van der Waals surface area (Å²) in [6, 6.07) is 6.68. The molecule has 3 N–H and O–H groups in total. The van der Waals surface area contributed by atoms with E-state index in [1.807, 2.05) is 6.92 Å². The third kappa shape index (κ3) is 6.16. The minimum Gasteiger partial charge on any atom is -0.350 e. The van der Waals surface area contributed by atoms with E-state index in [4.69, 9.17) is 17.3 Å². The van der Waals surface area contributed by atoms with E-state index in [1.54, 1.807) is 24.3 Å². The second-order valence-corrected chi connectivity index (χ2v) is 6.78. The zero-order valence-electron chi connectivity index (χ0n) is 13.5. The highest BCUT2D eigenvalue weighted by atomic mass is 35.5. The van der Waals surface area contributed by atoms with E-state index < -0.39 is 5.54 Å². The van der Waals surface area contributed by atoms with E-state index in [0.717, 1.165) is 6.42 Å². The maximum absolute atomic E-state index is 12.0. The summed E-state index contributed by atoms with van der Waals surface area (Å²) < 4.78 is 0. The summed E-state index contributed by atoms with van der Waals surface area (Å²) in [5.74, 6) is 0.227. The summed E-state index contributed by atoms with van der Waals surface area (Å²) >= 11 is 5.79. The first-order chi connectivity index (χ1) is 10.3. The minimum absolute atomic E-state index is 0.0647. The highest BCUT2D eigenvalue weighted by molar-refractivity contribution is 6.30. The third-order valence-electron chi connectivity index (χ3n) is 3.50. The zero-order valence-corrected chi connectivity index (χ0v) is 14.2. The molecule has 0 saturated carbocycles. The summed E-state index contributed by atoms with van der Waals surface area (Å²) in [6.45, 7) is 6.49. The third-order valence-corrected chi connectivity index (χ3v) is 3.75. The lowest BCUT2D eigenvalue weighted by Crippen LogP contribution is -2.52. The van der Waals surface area contributed by atoms with Gasteiger partial charge in [0, 0.05) is 35.5 Å². The van der Waals surface area contributed by atoms with Crippen LogP contribution in [0.4, 0.5) is 0 Å². The lowest BCUT2D eigenvalue weighted by atomic mass is 9.90. The van der Waals surface area contributed by atoms with Gasteiger partial charge in [-0.3, -0.25) is 9.59 Å². The molecule has 0 spiro atoms. The van der Waals surface area contributed by atoms with Gasteiger partial charge in [-0.25, -0.2) is 0 Å². The Morgan fingerprint density at radius 3 is 2.32 bits per heavy atom. The molecule has 5 heteroatoms. The van der Waals surface area contributed by atoms with Gasteiger partial charge in [0.2, 0.25) is 5.91 Å². The van der Waals surface area contributed by atoms with Gasteiger partial charge in [0.25, 0.3) is 0 Å². The number of benzene rings is 1. The molecular formula is C17H25ClN2O2. The van der Waals surface area contributed by atoms with Crippen molar-refractivity contribution in [2.45, 2.75) is 45.6 Å². The molecule has 0 aliphatic rings. The van der Waals surface area contributed by atoms with Gasteiger partial charge in [0.1, 0.15) is 0 Å². The smallest absolute Gasteiger partial charge is 0.220 e.